The van der Waals surface area contributed by atoms with Gasteiger partial charge in [-0.1, -0.05) is 6.58 Å². The third-order valence-corrected chi connectivity index (χ3v) is 1.49. The van der Waals surface area contributed by atoms with Crippen molar-refractivity contribution in [2.75, 3.05) is 0 Å². The second-order valence-corrected chi connectivity index (χ2v) is 2.33. The third-order valence-electron chi connectivity index (χ3n) is 1.49. The summed E-state index contributed by atoms with van der Waals surface area (Å²) < 4.78 is 63.0. The van der Waals surface area contributed by atoms with Crippen molar-refractivity contribution in [3.63, 3.8) is 0 Å². The standard InChI is InChI=1S/C9H3F5/c1-2-3-4-5(10)7(12)9(14)8(13)6(4)11/h3H,1H2. The van der Waals surface area contributed by atoms with Gasteiger partial charge in [-0.2, -0.15) is 0 Å². The van der Waals surface area contributed by atoms with E-state index in [2.05, 4.69) is 6.58 Å². The lowest BCUT2D eigenvalue weighted by Crippen LogP contribution is -2.03. The van der Waals surface area contributed by atoms with E-state index in [1.165, 1.54) is 0 Å². The minimum absolute atomic E-state index is 0.580. The molecule has 5 heteroatoms. The fraction of sp³-hybridized carbons (Fsp3) is 0. The van der Waals surface area contributed by atoms with Crippen LogP contribution in [0.2, 0.25) is 0 Å². The molecule has 0 bridgehead atoms. The zero-order chi connectivity index (χ0) is 10.9. The van der Waals surface area contributed by atoms with Gasteiger partial charge in [-0.3, -0.25) is 0 Å². The summed E-state index contributed by atoms with van der Waals surface area (Å²) >= 11 is 0. The van der Waals surface area contributed by atoms with E-state index in [1.54, 1.807) is 0 Å². The molecule has 14 heavy (non-hydrogen) atoms. The van der Waals surface area contributed by atoms with Crippen LogP contribution in [-0.4, -0.2) is 0 Å². The summed E-state index contributed by atoms with van der Waals surface area (Å²) in [6, 6.07) is 0. The molecule has 1 aromatic carbocycles. The van der Waals surface area contributed by atoms with Crippen LogP contribution in [0.4, 0.5) is 22.0 Å². The molecule has 0 aromatic heterocycles. The van der Waals surface area contributed by atoms with Crippen LogP contribution in [0.25, 0.3) is 6.08 Å². The summed E-state index contributed by atoms with van der Waals surface area (Å²) in [6.45, 7) is 2.97. The molecule has 0 heterocycles. The molecule has 0 N–H and O–H groups in total. The molecule has 74 valence electrons. The Labute approximate surface area is 76.0 Å². The average molecular weight is 206 g/mol. The molecule has 0 fully saturated rings. The van der Waals surface area contributed by atoms with Crippen LogP contribution < -0.4 is 0 Å². The van der Waals surface area contributed by atoms with E-state index in [0.717, 1.165) is 0 Å². The van der Waals surface area contributed by atoms with Gasteiger partial charge in [0, 0.05) is 0 Å². The molecule has 0 aliphatic rings. The zero-order valence-electron chi connectivity index (χ0n) is 6.67. The molecule has 1 aromatic rings. The quantitative estimate of drug-likeness (QED) is 0.286. The lowest BCUT2D eigenvalue weighted by atomic mass is 10.1. The molecule has 0 saturated carbocycles. The normalized spacial score (nSPS) is 9.79. The molecule has 0 atom stereocenters. The number of hydrogen-bond acceptors (Lipinski definition) is 0. The number of rotatable bonds is 1. The number of benzene rings is 1. The van der Waals surface area contributed by atoms with Crippen LogP contribution in [0.15, 0.2) is 12.3 Å². The van der Waals surface area contributed by atoms with Crippen LogP contribution in [0.1, 0.15) is 5.56 Å². The van der Waals surface area contributed by atoms with Gasteiger partial charge in [0.1, 0.15) is 0 Å². The second-order valence-electron chi connectivity index (χ2n) is 2.33. The van der Waals surface area contributed by atoms with Crippen LogP contribution in [0.5, 0.6) is 0 Å². The summed E-state index contributed by atoms with van der Waals surface area (Å²) in [5, 5.41) is 0. The van der Waals surface area contributed by atoms with E-state index in [0.29, 0.717) is 6.08 Å². The van der Waals surface area contributed by atoms with Crippen molar-refractivity contribution in [3.05, 3.63) is 47.0 Å². The highest BCUT2D eigenvalue weighted by molar-refractivity contribution is 5.50. The van der Waals surface area contributed by atoms with Crippen LogP contribution in [0.3, 0.4) is 0 Å². The highest BCUT2D eigenvalue weighted by Gasteiger charge is 2.23. The molecule has 0 amide bonds. The van der Waals surface area contributed by atoms with Gasteiger partial charge in [0.25, 0.3) is 0 Å². The molecule has 0 aliphatic carbocycles. The van der Waals surface area contributed by atoms with E-state index in [-0.39, 0.29) is 0 Å². The summed E-state index contributed by atoms with van der Waals surface area (Å²) in [5.41, 5.74) is 0.884. The molecule has 0 radical (unpaired) electrons. The smallest absolute Gasteiger partial charge is 0.200 e. The van der Waals surface area contributed by atoms with E-state index in [4.69, 9.17) is 0 Å². The lowest BCUT2D eigenvalue weighted by Gasteiger charge is -2.02. The fourth-order valence-corrected chi connectivity index (χ4v) is 0.851. The Kier molecular flexibility index (Phi) is 2.72. The maximum absolute atomic E-state index is 12.8. The zero-order valence-corrected chi connectivity index (χ0v) is 6.67. The predicted molar refractivity (Wildman–Crippen MR) is 39.8 cm³/mol. The molecule has 0 nitrogen and oxygen atoms in total. The maximum atomic E-state index is 12.8. The number of halogens is 5. The first-order valence-electron chi connectivity index (χ1n) is 3.38. The van der Waals surface area contributed by atoms with Gasteiger partial charge in [-0.05, 0) is 6.08 Å². The maximum Gasteiger partial charge on any atom is 0.200 e. The third kappa shape index (κ3) is 1.42. The van der Waals surface area contributed by atoms with Gasteiger partial charge in [0.05, 0.1) is 5.56 Å². The molecular formula is C9H3F5. The highest BCUT2D eigenvalue weighted by Crippen LogP contribution is 2.23. The predicted octanol–water partition coefficient (Wildman–Crippen LogP) is 3.18. The van der Waals surface area contributed by atoms with Crippen molar-refractivity contribution in [2.45, 2.75) is 0 Å². The van der Waals surface area contributed by atoms with Crippen LogP contribution in [-0.2, 0) is 0 Å². The van der Waals surface area contributed by atoms with Gasteiger partial charge >= 0.3 is 0 Å². The van der Waals surface area contributed by atoms with E-state index in [1.807, 2.05) is 5.73 Å². The number of hydrogen-bond donors (Lipinski definition) is 0. The van der Waals surface area contributed by atoms with E-state index < -0.39 is 34.6 Å². The first kappa shape index (κ1) is 10.5. The largest absolute Gasteiger partial charge is 0.203 e. The summed E-state index contributed by atoms with van der Waals surface area (Å²) in [5.74, 6) is -9.92. The van der Waals surface area contributed by atoms with Gasteiger partial charge < -0.3 is 0 Å². The van der Waals surface area contributed by atoms with Crippen molar-refractivity contribution in [2.24, 2.45) is 0 Å². The van der Waals surface area contributed by atoms with E-state index >= 15 is 0 Å². The van der Waals surface area contributed by atoms with E-state index in [9.17, 15) is 22.0 Å². The van der Waals surface area contributed by atoms with Crippen molar-refractivity contribution < 1.29 is 22.0 Å². The lowest BCUT2D eigenvalue weighted by molar-refractivity contribution is 0.377. The first-order chi connectivity index (χ1) is 6.50. The summed E-state index contributed by atoms with van der Waals surface area (Å²) in [7, 11) is 0. The molecule has 1 rings (SSSR count). The molecule has 0 spiro atoms. The Balaban J connectivity index is 3.67. The van der Waals surface area contributed by atoms with Crippen LogP contribution >= 0.6 is 0 Å². The Hall–Kier alpha value is -1.61. The summed E-state index contributed by atoms with van der Waals surface area (Å²) in [4.78, 5) is 0. The van der Waals surface area contributed by atoms with Gasteiger partial charge in [-0.25, -0.2) is 22.0 Å². The van der Waals surface area contributed by atoms with Gasteiger partial charge in [0.2, 0.25) is 5.82 Å². The van der Waals surface area contributed by atoms with Gasteiger partial charge in [-0.15, -0.1) is 5.73 Å². The molecular weight excluding hydrogens is 203 g/mol. The monoisotopic (exact) mass is 206 g/mol. The molecule has 0 saturated heterocycles. The Morgan fingerprint density at radius 3 is 1.50 bits per heavy atom. The SMILES string of the molecule is C=C=Cc1c(F)c(F)c(F)c(F)c1F. The topological polar surface area (TPSA) is 0 Å². The van der Waals surface area contributed by atoms with Crippen molar-refractivity contribution in [1.82, 2.24) is 0 Å². The Morgan fingerprint density at radius 1 is 0.786 bits per heavy atom. The van der Waals surface area contributed by atoms with Gasteiger partial charge in [0.15, 0.2) is 23.3 Å². The van der Waals surface area contributed by atoms with Crippen molar-refractivity contribution >= 4 is 6.08 Å². The van der Waals surface area contributed by atoms with Crippen LogP contribution in [0, 0.1) is 29.1 Å². The minimum Gasteiger partial charge on any atom is -0.203 e. The Morgan fingerprint density at radius 2 is 1.14 bits per heavy atom. The highest BCUT2D eigenvalue weighted by atomic mass is 19.2. The Bertz CT molecular complexity index is 400. The fourth-order valence-electron chi connectivity index (χ4n) is 0.851. The second kappa shape index (κ2) is 3.64. The van der Waals surface area contributed by atoms with Crippen molar-refractivity contribution in [3.8, 4) is 0 Å². The molecule has 0 unspecified atom stereocenters. The first-order valence-corrected chi connectivity index (χ1v) is 3.38. The molecule has 0 aliphatic heterocycles. The average Bonchev–Trinajstić information content (AvgIpc) is 2.19. The minimum atomic E-state index is -2.18. The van der Waals surface area contributed by atoms with Crippen molar-refractivity contribution in [1.29, 1.82) is 0 Å². The summed E-state index contributed by atoms with van der Waals surface area (Å²) in [6.07, 6.45) is 0.580.